The van der Waals surface area contributed by atoms with Gasteiger partial charge in [-0.3, -0.25) is 9.59 Å². The molecule has 0 bridgehead atoms. The predicted molar refractivity (Wildman–Crippen MR) is 122 cm³/mol. The molecule has 1 aliphatic heterocycles. The molecule has 0 radical (unpaired) electrons. The van der Waals surface area contributed by atoms with Crippen molar-refractivity contribution in [3.05, 3.63) is 99.5 Å². The minimum Gasteiger partial charge on any atom is -0.350 e. The Kier molecular flexibility index (Phi) is 5.38. The zero-order valence-corrected chi connectivity index (χ0v) is 18.0. The van der Waals surface area contributed by atoms with Crippen molar-refractivity contribution in [1.82, 2.24) is 0 Å². The number of nitrogens with one attached hydrogen (secondary N) is 1. The number of rotatable bonds is 4. The van der Waals surface area contributed by atoms with Crippen LogP contribution in [-0.4, -0.2) is 11.8 Å². The van der Waals surface area contributed by atoms with E-state index in [4.69, 9.17) is 11.6 Å². The van der Waals surface area contributed by atoms with Gasteiger partial charge in [-0.2, -0.15) is 0 Å². The van der Waals surface area contributed by atoms with E-state index in [1.807, 2.05) is 32.9 Å². The summed E-state index contributed by atoms with van der Waals surface area (Å²) in [5, 5.41) is 3.61. The lowest BCUT2D eigenvalue weighted by molar-refractivity contribution is -0.120. The SMILES string of the molecule is Cc1ccc(NC2=C(c3ccc(F)cc3)C(=O)N(c3cccc(C)c3C)C2=O)cc1Cl. The van der Waals surface area contributed by atoms with Crippen LogP contribution in [0.25, 0.3) is 5.57 Å². The number of carbonyl (C=O) groups excluding carboxylic acids is 2. The lowest BCUT2D eigenvalue weighted by Gasteiger charge is -2.19. The smallest absolute Gasteiger partial charge is 0.282 e. The van der Waals surface area contributed by atoms with Gasteiger partial charge in [0.25, 0.3) is 11.8 Å². The van der Waals surface area contributed by atoms with E-state index in [0.717, 1.165) is 16.7 Å². The van der Waals surface area contributed by atoms with Gasteiger partial charge in [0.1, 0.15) is 11.5 Å². The molecular formula is C25H20ClFN2O2. The normalized spacial score (nSPS) is 13.9. The first-order chi connectivity index (χ1) is 14.8. The van der Waals surface area contributed by atoms with Crippen molar-refractivity contribution in [1.29, 1.82) is 0 Å². The molecule has 0 atom stereocenters. The highest BCUT2D eigenvalue weighted by Gasteiger charge is 2.41. The zero-order valence-electron chi connectivity index (χ0n) is 17.3. The topological polar surface area (TPSA) is 49.4 Å². The maximum atomic E-state index is 13.5. The lowest BCUT2D eigenvalue weighted by Crippen LogP contribution is -2.33. The van der Waals surface area contributed by atoms with E-state index in [0.29, 0.717) is 22.0 Å². The average molecular weight is 435 g/mol. The van der Waals surface area contributed by atoms with E-state index in [-0.39, 0.29) is 11.3 Å². The van der Waals surface area contributed by atoms with E-state index >= 15 is 0 Å². The molecule has 4 nitrogen and oxygen atoms in total. The van der Waals surface area contributed by atoms with E-state index in [1.165, 1.54) is 29.2 Å². The average Bonchev–Trinajstić information content (AvgIpc) is 2.97. The van der Waals surface area contributed by atoms with Crippen LogP contribution in [0.15, 0.2) is 66.4 Å². The molecule has 0 saturated carbocycles. The number of hydrogen-bond donors (Lipinski definition) is 1. The van der Waals surface area contributed by atoms with Gasteiger partial charge in [-0.05, 0) is 73.4 Å². The Bertz CT molecular complexity index is 1250. The molecule has 0 saturated heterocycles. The van der Waals surface area contributed by atoms with Gasteiger partial charge in [0.15, 0.2) is 0 Å². The molecule has 2 amide bonds. The van der Waals surface area contributed by atoms with Crippen molar-refractivity contribution in [3.8, 4) is 0 Å². The van der Waals surface area contributed by atoms with Gasteiger partial charge in [0, 0.05) is 10.7 Å². The monoisotopic (exact) mass is 434 g/mol. The number of anilines is 2. The Labute approximate surface area is 185 Å². The highest BCUT2D eigenvalue weighted by Crippen LogP contribution is 2.36. The van der Waals surface area contributed by atoms with Crippen molar-refractivity contribution in [2.45, 2.75) is 20.8 Å². The van der Waals surface area contributed by atoms with Crippen molar-refractivity contribution in [3.63, 3.8) is 0 Å². The van der Waals surface area contributed by atoms with Crippen LogP contribution in [0.5, 0.6) is 0 Å². The van der Waals surface area contributed by atoms with Crippen molar-refractivity contribution < 1.29 is 14.0 Å². The molecule has 0 fully saturated rings. The number of aryl methyl sites for hydroxylation is 2. The molecule has 0 aliphatic carbocycles. The van der Waals surface area contributed by atoms with Gasteiger partial charge in [-0.1, -0.05) is 41.9 Å². The standard InChI is InChI=1S/C25H20ClFN2O2/c1-14-5-4-6-21(16(14)3)29-24(30)22(17-8-10-18(27)11-9-17)23(25(29)31)28-19-12-7-15(2)20(26)13-19/h4-13,28H,1-3H3. The van der Waals surface area contributed by atoms with Gasteiger partial charge >= 0.3 is 0 Å². The van der Waals surface area contributed by atoms with Crippen LogP contribution in [0.1, 0.15) is 22.3 Å². The fourth-order valence-corrected chi connectivity index (χ4v) is 3.72. The predicted octanol–water partition coefficient (Wildman–Crippen LogP) is 5.80. The van der Waals surface area contributed by atoms with Crippen LogP contribution in [0.2, 0.25) is 5.02 Å². The Balaban J connectivity index is 1.85. The van der Waals surface area contributed by atoms with Crippen LogP contribution in [-0.2, 0) is 9.59 Å². The molecule has 0 aromatic heterocycles. The second kappa shape index (κ2) is 8.00. The summed E-state index contributed by atoms with van der Waals surface area (Å²) in [5.41, 5.74) is 4.55. The maximum absolute atomic E-state index is 13.5. The molecule has 6 heteroatoms. The maximum Gasteiger partial charge on any atom is 0.282 e. The van der Waals surface area contributed by atoms with E-state index in [1.54, 1.807) is 24.3 Å². The molecule has 4 rings (SSSR count). The van der Waals surface area contributed by atoms with Crippen LogP contribution in [0.3, 0.4) is 0 Å². The Hall–Kier alpha value is -3.44. The number of imide groups is 1. The molecule has 1 N–H and O–H groups in total. The minimum absolute atomic E-state index is 0.123. The largest absolute Gasteiger partial charge is 0.350 e. The van der Waals surface area contributed by atoms with E-state index in [2.05, 4.69) is 5.32 Å². The fourth-order valence-electron chi connectivity index (χ4n) is 3.54. The van der Waals surface area contributed by atoms with Crippen LogP contribution >= 0.6 is 11.6 Å². The molecule has 0 unspecified atom stereocenters. The molecule has 31 heavy (non-hydrogen) atoms. The minimum atomic E-state index is -0.477. The third kappa shape index (κ3) is 3.73. The van der Waals surface area contributed by atoms with Gasteiger partial charge in [0.2, 0.25) is 0 Å². The van der Waals surface area contributed by atoms with Crippen molar-refractivity contribution in [2.75, 3.05) is 10.2 Å². The zero-order chi connectivity index (χ0) is 22.3. The number of amides is 2. The van der Waals surface area contributed by atoms with Gasteiger partial charge in [-0.15, -0.1) is 0 Å². The molecule has 1 heterocycles. The first kappa shape index (κ1) is 20.8. The van der Waals surface area contributed by atoms with E-state index in [9.17, 15) is 14.0 Å². The first-order valence-electron chi connectivity index (χ1n) is 9.76. The third-order valence-corrected chi connectivity index (χ3v) is 5.88. The van der Waals surface area contributed by atoms with E-state index < -0.39 is 17.6 Å². The number of nitrogens with zero attached hydrogens (tertiary/aromatic N) is 1. The van der Waals surface area contributed by atoms with Crippen molar-refractivity contribution in [2.24, 2.45) is 0 Å². The summed E-state index contributed by atoms with van der Waals surface area (Å²) in [7, 11) is 0. The van der Waals surface area contributed by atoms with Crippen LogP contribution in [0, 0.1) is 26.6 Å². The second-order valence-electron chi connectivity index (χ2n) is 7.51. The Morgan fingerprint density at radius 2 is 1.58 bits per heavy atom. The third-order valence-electron chi connectivity index (χ3n) is 5.47. The molecule has 1 aliphatic rings. The Morgan fingerprint density at radius 3 is 2.26 bits per heavy atom. The second-order valence-corrected chi connectivity index (χ2v) is 7.92. The summed E-state index contributed by atoms with van der Waals surface area (Å²) in [6.07, 6.45) is 0. The van der Waals surface area contributed by atoms with Crippen molar-refractivity contribution >= 4 is 40.4 Å². The van der Waals surface area contributed by atoms with Gasteiger partial charge in [0.05, 0.1) is 11.3 Å². The molecule has 0 spiro atoms. The molecular weight excluding hydrogens is 415 g/mol. The summed E-state index contributed by atoms with van der Waals surface area (Å²) < 4.78 is 13.5. The first-order valence-corrected chi connectivity index (χ1v) is 10.1. The Morgan fingerprint density at radius 1 is 0.871 bits per heavy atom. The summed E-state index contributed by atoms with van der Waals surface area (Å²) in [6.45, 7) is 5.67. The fraction of sp³-hybridized carbons (Fsp3) is 0.120. The van der Waals surface area contributed by atoms with Crippen LogP contribution < -0.4 is 10.2 Å². The molecule has 156 valence electrons. The summed E-state index contributed by atoms with van der Waals surface area (Å²) in [6, 6.07) is 16.3. The number of carbonyl (C=O) groups is 2. The van der Waals surface area contributed by atoms with Gasteiger partial charge < -0.3 is 5.32 Å². The number of benzene rings is 3. The summed E-state index contributed by atoms with van der Waals surface area (Å²) >= 11 is 6.24. The van der Waals surface area contributed by atoms with Crippen LogP contribution in [0.4, 0.5) is 15.8 Å². The quantitative estimate of drug-likeness (QED) is 0.528. The summed E-state index contributed by atoms with van der Waals surface area (Å²) in [5.74, 6) is -1.37. The lowest BCUT2D eigenvalue weighted by atomic mass is 10.0. The number of hydrogen-bond acceptors (Lipinski definition) is 3. The highest BCUT2D eigenvalue weighted by atomic mass is 35.5. The highest BCUT2D eigenvalue weighted by molar-refractivity contribution is 6.46. The number of halogens is 2. The molecule has 3 aromatic rings. The van der Waals surface area contributed by atoms with Gasteiger partial charge in [-0.25, -0.2) is 9.29 Å². The summed E-state index contributed by atoms with van der Waals surface area (Å²) in [4.78, 5) is 28.1. The molecule has 3 aromatic carbocycles.